The highest BCUT2D eigenvalue weighted by atomic mass is 19.4. The third-order valence-electron chi connectivity index (χ3n) is 3.34. The molecule has 21 heavy (non-hydrogen) atoms. The summed E-state index contributed by atoms with van der Waals surface area (Å²) in [5.74, 6) is -0.500. The lowest BCUT2D eigenvalue weighted by Gasteiger charge is -2.19. The van der Waals surface area contributed by atoms with Crippen LogP contribution in [-0.4, -0.2) is 24.0 Å². The van der Waals surface area contributed by atoms with Crippen LogP contribution in [0.4, 0.5) is 13.2 Å². The normalized spacial score (nSPS) is 11.6. The van der Waals surface area contributed by atoms with Crippen LogP contribution in [0.25, 0.3) is 10.8 Å². The van der Waals surface area contributed by atoms with E-state index in [0.717, 1.165) is 16.3 Å². The Morgan fingerprint density at radius 1 is 1.10 bits per heavy atom. The summed E-state index contributed by atoms with van der Waals surface area (Å²) < 4.78 is 36.4. The van der Waals surface area contributed by atoms with Gasteiger partial charge in [0, 0.05) is 20.0 Å². The van der Waals surface area contributed by atoms with Crippen molar-refractivity contribution in [2.75, 3.05) is 7.05 Å². The maximum Gasteiger partial charge on any atom is 0.389 e. The summed E-state index contributed by atoms with van der Waals surface area (Å²) in [4.78, 5) is 13.1. The van der Waals surface area contributed by atoms with Gasteiger partial charge in [-0.3, -0.25) is 4.79 Å². The van der Waals surface area contributed by atoms with Gasteiger partial charge in [0.2, 0.25) is 5.91 Å². The molecular weight excluding hydrogens is 279 g/mol. The van der Waals surface area contributed by atoms with Crippen LogP contribution in [0.3, 0.4) is 0 Å². The lowest BCUT2D eigenvalue weighted by Crippen LogP contribution is -2.27. The van der Waals surface area contributed by atoms with E-state index in [0.29, 0.717) is 6.54 Å². The molecule has 2 aromatic rings. The van der Waals surface area contributed by atoms with E-state index < -0.39 is 24.9 Å². The number of benzene rings is 2. The summed E-state index contributed by atoms with van der Waals surface area (Å²) in [6.45, 7) is 0.304. The van der Waals surface area contributed by atoms with Crippen molar-refractivity contribution in [1.29, 1.82) is 0 Å². The second-order valence-corrected chi connectivity index (χ2v) is 5.00. The fourth-order valence-corrected chi connectivity index (χ4v) is 2.21. The summed E-state index contributed by atoms with van der Waals surface area (Å²) in [6.07, 6.45) is -5.88. The van der Waals surface area contributed by atoms with Gasteiger partial charge in [0.25, 0.3) is 0 Å². The molecule has 0 N–H and O–H groups in total. The number of rotatable bonds is 4. The molecule has 0 atom stereocenters. The number of halogens is 3. The molecule has 1 amide bonds. The molecule has 0 fully saturated rings. The van der Waals surface area contributed by atoms with Crippen molar-refractivity contribution in [3.8, 4) is 0 Å². The van der Waals surface area contributed by atoms with E-state index in [1.165, 1.54) is 11.9 Å². The van der Waals surface area contributed by atoms with Crippen LogP contribution in [-0.2, 0) is 11.3 Å². The van der Waals surface area contributed by atoms with Gasteiger partial charge in [-0.15, -0.1) is 0 Å². The van der Waals surface area contributed by atoms with Gasteiger partial charge in [-0.25, -0.2) is 0 Å². The van der Waals surface area contributed by atoms with Gasteiger partial charge in [0.05, 0.1) is 6.42 Å². The molecule has 112 valence electrons. The molecule has 0 aliphatic carbocycles. The quantitative estimate of drug-likeness (QED) is 0.830. The van der Waals surface area contributed by atoms with Gasteiger partial charge < -0.3 is 4.90 Å². The maximum atomic E-state index is 12.1. The van der Waals surface area contributed by atoms with E-state index in [9.17, 15) is 18.0 Å². The first-order chi connectivity index (χ1) is 9.87. The second-order valence-electron chi connectivity index (χ2n) is 5.00. The monoisotopic (exact) mass is 295 g/mol. The third kappa shape index (κ3) is 4.21. The topological polar surface area (TPSA) is 20.3 Å². The van der Waals surface area contributed by atoms with E-state index in [4.69, 9.17) is 0 Å². The molecule has 0 aliphatic heterocycles. The Labute approximate surface area is 121 Å². The first-order valence-electron chi connectivity index (χ1n) is 6.64. The number of carbonyl (C=O) groups excluding carboxylic acids is 1. The lowest BCUT2D eigenvalue weighted by molar-refractivity contribution is -0.148. The third-order valence-corrected chi connectivity index (χ3v) is 3.34. The largest absolute Gasteiger partial charge is 0.389 e. The van der Waals surface area contributed by atoms with E-state index >= 15 is 0 Å². The van der Waals surface area contributed by atoms with Gasteiger partial charge in [-0.1, -0.05) is 42.5 Å². The van der Waals surface area contributed by atoms with Crippen molar-refractivity contribution in [1.82, 2.24) is 4.90 Å². The average Bonchev–Trinajstić information content (AvgIpc) is 2.44. The molecule has 0 spiro atoms. The summed E-state index contributed by atoms with van der Waals surface area (Å²) in [6, 6.07) is 13.5. The Bertz CT molecular complexity index is 631. The van der Waals surface area contributed by atoms with Gasteiger partial charge in [-0.2, -0.15) is 13.2 Å². The Morgan fingerprint density at radius 3 is 2.48 bits per heavy atom. The van der Waals surface area contributed by atoms with Crippen molar-refractivity contribution in [2.45, 2.75) is 25.6 Å². The summed E-state index contributed by atoms with van der Waals surface area (Å²) in [5, 5.41) is 2.06. The Hall–Kier alpha value is -2.04. The number of carbonyl (C=O) groups is 1. The number of alkyl halides is 3. The van der Waals surface area contributed by atoms with Gasteiger partial charge in [0.1, 0.15) is 0 Å². The minimum atomic E-state index is -4.30. The lowest BCUT2D eigenvalue weighted by atomic mass is 10.0. The predicted octanol–water partition coefficient (Wildman–Crippen LogP) is 4.14. The summed E-state index contributed by atoms with van der Waals surface area (Å²) in [7, 11) is 1.53. The molecular formula is C16H16F3NO. The molecule has 2 nitrogen and oxygen atoms in total. The van der Waals surface area contributed by atoms with Crippen LogP contribution >= 0.6 is 0 Å². The van der Waals surface area contributed by atoms with Crippen molar-refractivity contribution in [2.24, 2.45) is 0 Å². The highest BCUT2D eigenvalue weighted by molar-refractivity contribution is 5.86. The number of fused-ring (bicyclic) bond motifs is 1. The van der Waals surface area contributed by atoms with E-state index in [1.807, 2.05) is 42.5 Å². The van der Waals surface area contributed by atoms with Crippen LogP contribution in [0.5, 0.6) is 0 Å². The second kappa shape index (κ2) is 6.16. The Balaban J connectivity index is 2.08. The number of hydrogen-bond donors (Lipinski definition) is 0. The van der Waals surface area contributed by atoms with Crippen LogP contribution in [0.15, 0.2) is 42.5 Å². The predicted molar refractivity (Wildman–Crippen MR) is 75.7 cm³/mol. The van der Waals surface area contributed by atoms with Gasteiger partial charge in [0.15, 0.2) is 0 Å². The fraction of sp³-hybridized carbons (Fsp3) is 0.312. The first-order valence-corrected chi connectivity index (χ1v) is 6.64. The van der Waals surface area contributed by atoms with Gasteiger partial charge >= 0.3 is 6.18 Å². The van der Waals surface area contributed by atoms with Crippen LogP contribution in [0.1, 0.15) is 18.4 Å². The minimum absolute atomic E-state index is 0.304. The highest BCUT2D eigenvalue weighted by Gasteiger charge is 2.28. The summed E-state index contributed by atoms with van der Waals surface area (Å²) >= 11 is 0. The molecule has 0 heterocycles. The summed E-state index contributed by atoms with van der Waals surface area (Å²) in [5.41, 5.74) is 0.927. The molecule has 0 saturated heterocycles. The fourth-order valence-electron chi connectivity index (χ4n) is 2.21. The van der Waals surface area contributed by atoms with Crippen LogP contribution in [0, 0.1) is 0 Å². The van der Waals surface area contributed by atoms with E-state index in [-0.39, 0.29) is 0 Å². The molecule has 2 rings (SSSR count). The average molecular weight is 295 g/mol. The van der Waals surface area contributed by atoms with Gasteiger partial charge in [-0.05, 0) is 16.3 Å². The highest BCUT2D eigenvalue weighted by Crippen LogP contribution is 2.23. The van der Waals surface area contributed by atoms with Crippen molar-refractivity contribution < 1.29 is 18.0 Å². The molecule has 0 unspecified atom stereocenters. The standard InChI is InChI=1S/C16H16F3NO/c1-20(15(21)9-10-16(17,18)19)11-13-7-4-6-12-5-2-3-8-14(12)13/h2-8H,9-11H2,1H3. The smallest absolute Gasteiger partial charge is 0.341 e. The Kier molecular flexibility index (Phi) is 4.50. The number of nitrogens with zero attached hydrogens (tertiary/aromatic N) is 1. The van der Waals surface area contributed by atoms with E-state index in [2.05, 4.69) is 0 Å². The Morgan fingerprint density at radius 2 is 1.76 bits per heavy atom. The van der Waals surface area contributed by atoms with Crippen LogP contribution in [0.2, 0.25) is 0 Å². The molecule has 0 bridgehead atoms. The van der Waals surface area contributed by atoms with E-state index in [1.54, 1.807) is 0 Å². The van der Waals surface area contributed by atoms with Crippen LogP contribution < -0.4 is 0 Å². The molecule has 2 aromatic carbocycles. The number of amides is 1. The first kappa shape index (κ1) is 15.4. The molecule has 5 heteroatoms. The molecule has 0 aliphatic rings. The van der Waals surface area contributed by atoms with Crippen molar-refractivity contribution >= 4 is 16.7 Å². The van der Waals surface area contributed by atoms with Crippen molar-refractivity contribution in [3.05, 3.63) is 48.0 Å². The molecule has 0 saturated carbocycles. The SMILES string of the molecule is CN(Cc1cccc2ccccc12)C(=O)CCC(F)(F)F. The number of hydrogen-bond acceptors (Lipinski definition) is 1. The van der Waals surface area contributed by atoms with Crippen molar-refractivity contribution in [3.63, 3.8) is 0 Å². The zero-order valence-electron chi connectivity index (χ0n) is 11.7. The zero-order valence-corrected chi connectivity index (χ0v) is 11.7. The minimum Gasteiger partial charge on any atom is -0.341 e. The molecule has 0 radical (unpaired) electrons. The zero-order chi connectivity index (χ0) is 15.5. The molecule has 0 aromatic heterocycles. The maximum absolute atomic E-state index is 12.1.